The van der Waals surface area contributed by atoms with Crippen molar-refractivity contribution in [3.8, 4) is 0 Å². The Hall–Kier alpha value is -0.0600. The lowest BCUT2D eigenvalue weighted by molar-refractivity contribution is -0.159. The Morgan fingerprint density at radius 1 is 1.47 bits per heavy atom. The van der Waals surface area contributed by atoms with Crippen molar-refractivity contribution in [2.24, 2.45) is 5.41 Å². The highest BCUT2D eigenvalue weighted by Crippen LogP contribution is 2.45. The molecule has 3 fully saturated rings. The van der Waals surface area contributed by atoms with Gasteiger partial charge >= 0.3 is 0 Å². The van der Waals surface area contributed by atoms with Crippen LogP contribution in [-0.2, 0) is 4.79 Å². The van der Waals surface area contributed by atoms with Crippen LogP contribution in [0.15, 0.2) is 0 Å². The number of ketones is 1. The maximum absolute atomic E-state index is 12.4. The van der Waals surface area contributed by atoms with Crippen molar-refractivity contribution in [1.82, 2.24) is 4.90 Å². The molecule has 2 bridgehead atoms. The molecule has 0 aromatic rings. The smallest absolute Gasteiger partial charge is 0.162 e. The number of thioether (sulfide) groups is 1. The predicted octanol–water partition coefficient (Wildman–Crippen LogP) is 0.765. The zero-order chi connectivity index (χ0) is 11.1. The van der Waals surface area contributed by atoms with Crippen molar-refractivity contribution >= 4 is 17.5 Å². The predicted molar refractivity (Wildman–Crippen MR) is 62.1 cm³/mol. The van der Waals surface area contributed by atoms with E-state index in [4.69, 9.17) is 0 Å². The fraction of sp³-hybridized carbons (Fsp3) is 0.909. The molecule has 0 amide bonds. The van der Waals surface area contributed by atoms with E-state index in [9.17, 15) is 9.90 Å². The molecule has 15 heavy (non-hydrogen) atoms. The van der Waals surface area contributed by atoms with Gasteiger partial charge in [-0.15, -0.1) is 0 Å². The van der Waals surface area contributed by atoms with E-state index >= 15 is 0 Å². The van der Waals surface area contributed by atoms with E-state index in [-0.39, 0.29) is 17.8 Å². The van der Waals surface area contributed by atoms with Crippen molar-refractivity contribution in [1.29, 1.82) is 0 Å². The van der Waals surface area contributed by atoms with Crippen LogP contribution >= 0.6 is 11.8 Å². The first-order valence-electron chi connectivity index (χ1n) is 5.49. The van der Waals surface area contributed by atoms with Crippen LogP contribution < -0.4 is 0 Å². The normalized spacial score (nSPS) is 44.7. The number of aliphatic hydroxyl groups is 1. The number of Topliss-reactive ketones (excluding diaryl/α,β-unsaturated/α-hetero) is 1. The Labute approximate surface area is 95.2 Å². The molecule has 3 aliphatic heterocycles. The van der Waals surface area contributed by atoms with Gasteiger partial charge in [0.1, 0.15) is 5.54 Å². The molecule has 1 unspecified atom stereocenters. The average Bonchev–Trinajstić information content (AvgIpc) is 2.25. The standard InChI is InChI=1S/C11H19NO2S/c1-10-3-5-12(6-4-10)11(7-13,8-15-2)9(10)14/h13H,3-8H2,1-2H3. The van der Waals surface area contributed by atoms with Gasteiger partial charge in [0.2, 0.25) is 0 Å². The number of hydrogen-bond donors (Lipinski definition) is 1. The van der Waals surface area contributed by atoms with Gasteiger partial charge in [0.05, 0.1) is 6.61 Å². The molecule has 86 valence electrons. The molecule has 0 aromatic heterocycles. The third-order valence-corrected chi connectivity index (χ3v) is 4.85. The van der Waals surface area contributed by atoms with Gasteiger partial charge in [0.15, 0.2) is 5.78 Å². The van der Waals surface area contributed by atoms with E-state index in [1.807, 2.05) is 6.26 Å². The van der Waals surface area contributed by atoms with Crippen molar-refractivity contribution in [2.45, 2.75) is 25.3 Å². The van der Waals surface area contributed by atoms with Gasteiger partial charge in [-0.2, -0.15) is 11.8 Å². The molecular weight excluding hydrogens is 210 g/mol. The summed E-state index contributed by atoms with van der Waals surface area (Å²) in [5.74, 6) is 0.988. The van der Waals surface area contributed by atoms with Crippen molar-refractivity contribution in [3.05, 3.63) is 0 Å². The summed E-state index contributed by atoms with van der Waals surface area (Å²) in [4.78, 5) is 14.6. The van der Waals surface area contributed by atoms with E-state index in [1.54, 1.807) is 11.8 Å². The third kappa shape index (κ3) is 1.46. The number of hydrogen-bond acceptors (Lipinski definition) is 4. The molecule has 1 N–H and O–H groups in total. The van der Waals surface area contributed by atoms with E-state index < -0.39 is 5.54 Å². The fourth-order valence-electron chi connectivity index (χ4n) is 2.97. The van der Waals surface area contributed by atoms with Crippen LogP contribution in [0.1, 0.15) is 19.8 Å². The second-order valence-electron chi connectivity index (χ2n) is 5.00. The summed E-state index contributed by atoms with van der Waals surface area (Å²) in [6.45, 7) is 3.96. The van der Waals surface area contributed by atoms with Crippen LogP contribution in [0.25, 0.3) is 0 Å². The summed E-state index contributed by atoms with van der Waals surface area (Å²) in [5.41, 5.74) is -0.752. The summed E-state index contributed by atoms with van der Waals surface area (Å²) in [6, 6.07) is 0. The van der Waals surface area contributed by atoms with Crippen LogP contribution in [0.2, 0.25) is 0 Å². The lowest BCUT2D eigenvalue weighted by Gasteiger charge is -2.56. The third-order valence-electron chi connectivity index (χ3n) is 4.09. The van der Waals surface area contributed by atoms with Crippen molar-refractivity contribution < 1.29 is 9.90 Å². The summed E-state index contributed by atoms with van der Waals surface area (Å²) in [5, 5.41) is 9.60. The molecule has 0 radical (unpaired) electrons. The van der Waals surface area contributed by atoms with Gasteiger partial charge in [0.25, 0.3) is 0 Å². The molecule has 3 heterocycles. The number of aliphatic hydroxyl groups excluding tert-OH is 1. The zero-order valence-electron chi connectivity index (χ0n) is 9.45. The Bertz CT molecular complexity index is 274. The first kappa shape index (κ1) is 11.4. The Kier molecular flexibility index (Phi) is 2.86. The van der Waals surface area contributed by atoms with Crippen LogP contribution in [0.3, 0.4) is 0 Å². The number of fused-ring (bicyclic) bond motifs is 3. The van der Waals surface area contributed by atoms with Crippen molar-refractivity contribution in [2.75, 3.05) is 31.7 Å². The van der Waals surface area contributed by atoms with Crippen LogP contribution in [0.5, 0.6) is 0 Å². The summed E-state index contributed by atoms with van der Waals surface area (Å²) < 4.78 is 0. The number of carbonyl (C=O) groups is 1. The number of carbonyl (C=O) groups excluding carboxylic acids is 1. The number of rotatable bonds is 3. The van der Waals surface area contributed by atoms with E-state index in [0.29, 0.717) is 0 Å². The van der Waals surface area contributed by atoms with Gasteiger partial charge in [-0.3, -0.25) is 9.69 Å². The zero-order valence-corrected chi connectivity index (χ0v) is 10.3. The Morgan fingerprint density at radius 3 is 2.53 bits per heavy atom. The molecular formula is C11H19NO2S. The molecule has 3 rings (SSSR count). The highest BCUT2D eigenvalue weighted by molar-refractivity contribution is 7.98. The molecule has 0 spiro atoms. The van der Waals surface area contributed by atoms with E-state index in [0.717, 1.165) is 31.7 Å². The molecule has 4 heteroatoms. The average molecular weight is 229 g/mol. The molecule has 3 aliphatic rings. The molecule has 0 saturated carbocycles. The van der Waals surface area contributed by atoms with Crippen LogP contribution in [0.4, 0.5) is 0 Å². The van der Waals surface area contributed by atoms with Gasteiger partial charge in [-0.1, -0.05) is 6.92 Å². The van der Waals surface area contributed by atoms with Gasteiger partial charge < -0.3 is 5.11 Å². The SMILES string of the molecule is CSCC1(CO)C(=O)C2(C)CCN1CC2. The second-order valence-corrected chi connectivity index (χ2v) is 5.87. The summed E-state index contributed by atoms with van der Waals surface area (Å²) >= 11 is 1.65. The van der Waals surface area contributed by atoms with Crippen LogP contribution in [0, 0.1) is 5.41 Å². The minimum Gasteiger partial charge on any atom is -0.394 e. The van der Waals surface area contributed by atoms with Crippen LogP contribution in [-0.4, -0.2) is 53.0 Å². The lowest BCUT2D eigenvalue weighted by atomic mass is 9.64. The maximum atomic E-state index is 12.4. The maximum Gasteiger partial charge on any atom is 0.162 e. The minimum atomic E-state index is -0.579. The second kappa shape index (κ2) is 3.75. The lowest BCUT2D eigenvalue weighted by Crippen LogP contribution is -2.71. The summed E-state index contributed by atoms with van der Waals surface area (Å²) in [7, 11) is 0. The first-order valence-corrected chi connectivity index (χ1v) is 6.88. The molecule has 0 aliphatic carbocycles. The Balaban J connectivity index is 2.34. The fourth-order valence-corrected chi connectivity index (χ4v) is 3.86. The molecule has 3 nitrogen and oxygen atoms in total. The number of nitrogens with zero attached hydrogens (tertiary/aromatic N) is 1. The highest BCUT2D eigenvalue weighted by Gasteiger charge is 2.57. The van der Waals surface area contributed by atoms with E-state index in [1.165, 1.54) is 0 Å². The first-order chi connectivity index (χ1) is 7.09. The molecule has 1 atom stereocenters. The van der Waals surface area contributed by atoms with Gasteiger partial charge in [-0.25, -0.2) is 0 Å². The molecule has 0 aromatic carbocycles. The topological polar surface area (TPSA) is 40.5 Å². The van der Waals surface area contributed by atoms with Gasteiger partial charge in [0, 0.05) is 24.3 Å². The monoisotopic (exact) mass is 229 g/mol. The molecule has 3 saturated heterocycles. The van der Waals surface area contributed by atoms with E-state index in [2.05, 4.69) is 11.8 Å². The highest BCUT2D eigenvalue weighted by atomic mass is 32.2. The van der Waals surface area contributed by atoms with Gasteiger partial charge in [-0.05, 0) is 19.1 Å². The van der Waals surface area contributed by atoms with Crippen molar-refractivity contribution in [3.63, 3.8) is 0 Å². The minimum absolute atomic E-state index is 0.0255. The quantitative estimate of drug-likeness (QED) is 0.776. The summed E-state index contributed by atoms with van der Waals surface area (Å²) in [6.07, 6.45) is 3.92. The largest absolute Gasteiger partial charge is 0.394 e. The number of piperidine rings is 3. The Morgan fingerprint density at radius 2 is 2.07 bits per heavy atom.